The number of benzene rings is 2. The van der Waals surface area contributed by atoms with Gasteiger partial charge in [0, 0.05) is 27.7 Å². The summed E-state index contributed by atoms with van der Waals surface area (Å²) in [6.07, 6.45) is 0. The first-order valence-electron chi connectivity index (χ1n) is 4.64. The summed E-state index contributed by atoms with van der Waals surface area (Å²) in [7, 11) is 0. The maximum absolute atomic E-state index is 3.56. The van der Waals surface area contributed by atoms with Crippen LogP contribution in [0, 0.1) is 0 Å². The second-order valence-electron chi connectivity index (χ2n) is 3.25. The van der Waals surface area contributed by atoms with Crippen molar-refractivity contribution in [2.75, 3.05) is 0 Å². The van der Waals surface area contributed by atoms with Crippen LogP contribution in [-0.2, 0) is 0 Å². The van der Waals surface area contributed by atoms with E-state index in [0.29, 0.717) is 0 Å². The predicted molar refractivity (Wildman–Crippen MR) is 87.8 cm³/mol. The lowest BCUT2D eigenvalue weighted by molar-refractivity contribution is 1.33. The van der Waals surface area contributed by atoms with Gasteiger partial charge in [0.15, 0.2) is 0 Å². The quantitative estimate of drug-likeness (QED) is 0.432. The van der Waals surface area contributed by atoms with E-state index in [-0.39, 0.29) is 0 Å². The van der Waals surface area contributed by atoms with Gasteiger partial charge < -0.3 is 0 Å². The largest absolute Gasteiger partial charge is 0.0876 e. The maximum Gasteiger partial charge on any atom is 0.0315 e. The number of hydrogen-bond donors (Lipinski definition) is 0. The third-order valence-electron chi connectivity index (χ3n) is 2.01. The predicted octanol–water partition coefficient (Wildman–Crippen LogP) is 6.89. The van der Waals surface area contributed by atoms with E-state index in [0.717, 1.165) is 17.9 Å². The molecule has 0 amide bonds. The Balaban J connectivity index is 2.37. The Bertz CT molecular complexity index is 505. The van der Waals surface area contributed by atoms with E-state index in [2.05, 4.69) is 75.9 Å². The molecule has 0 atom stereocenters. The lowest BCUT2D eigenvalue weighted by Crippen LogP contribution is -1.79. The van der Waals surface area contributed by atoms with E-state index < -0.39 is 0 Å². The fourth-order valence-electron chi connectivity index (χ4n) is 1.23. The molecule has 0 saturated carbocycles. The van der Waals surface area contributed by atoms with E-state index >= 15 is 0 Å². The second-order valence-corrected chi connectivity index (χ2v) is 7.88. The van der Waals surface area contributed by atoms with Crippen LogP contribution in [0.25, 0.3) is 0 Å². The van der Waals surface area contributed by atoms with Crippen molar-refractivity contribution in [2.24, 2.45) is 0 Å². The van der Waals surface area contributed by atoms with Crippen molar-refractivity contribution in [2.45, 2.75) is 9.79 Å². The van der Waals surface area contributed by atoms with Crippen LogP contribution in [0.15, 0.2) is 64.1 Å². The summed E-state index contributed by atoms with van der Waals surface area (Å²) in [6.45, 7) is 0. The smallest absolute Gasteiger partial charge is 0.0315 e. The first-order valence-corrected chi connectivity index (χ1v) is 8.63. The first-order chi connectivity index (χ1) is 8.06. The Morgan fingerprint density at radius 1 is 0.647 bits per heavy atom. The maximum atomic E-state index is 3.56. The zero-order valence-corrected chi connectivity index (χ0v) is 15.5. The minimum Gasteiger partial charge on any atom is -0.0876 e. The SMILES string of the molecule is Brc1ccc(Br)c(Sc2cc(Br)ccc2Br)c1. The molecule has 5 heteroatoms. The molecule has 0 nitrogen and oxygen atoms in total. The van der Waals surface area contributed by atoms with Gasteiger partial charge in [-0.1, -0.05) is 43.6 Å². The molecule has 0 bridgehead atoms. The normalized spacial score (nSPS) is 10.6. The zero-order valence-electron chi connectivity index (χ0n) is 8.38. The first kappa shape index (κ1) is 14.1. The van der Waals surface area contributed by atoms with Crippen LogP contribution in [0.3, 0.4) is 0 Å². The molecule has 0 aliphatic rings. The van der Waals surface area contributed by atoms with Crippen LogP contribution in [0.5, 0.6) is 0 Å². The topological polar surface area (TPSA) is 0 Å². The Labute approximate surface area is 138 Å². The zero-order chi connectivity index (χ0) is 12.4. The standard InChI is InChI=1S/C12H6Br4S/c13-7-1-3-9(15)11(5-7)17-12-6-8(14)2-4-10(12)16/h1-6H. The number of halogens is 4. The van der Waals surface area contributed by atoms with E-state index in [1.165, 1.54) is 9.79 Å². The number of hydrogen-bond acceptors (Lipinski definition) is 1. The van der Waals surface area contributed by atoms with Gasteiger partial charge >= 0.3 is 0 Å². The lowest BCUT2D eigenvalue weighted by atomic mass is 10.4. The average molecular weight is 502 g/mol. The van der Waals surface area contributed by atoms with E-state index in [4.69, 9.17) is 0 Å². The molecule has 0 aromatic heterocycles. The van der Waals surface area contributed by atoms with Gasteiger partial charge in [0.05, 0.1) is 0 Å². The summed E-state index contributed by atoms with van der Waals surface area (Å²) in [5, 5.41) is 0. The summed E-state index contributed by atoms with van der Waals surface area (Å²) in [6, 6.07) is 12.3. The van der Waals surface area contributed by atoms with Crippen molar-refractivity contribution in [1.29, 1.82) is 0 Å². The van der Waals surface area contributed by atoms with Crippen molar-refractivity contribution in [3.63, 3.8) is 0 Å². The minimum absolute atomic E-state index is 1.08. The summed E-state index contributed by atoms with van der Waals surface area (Å²) in [5.41, 5.74) is 0. The van der Waals surface area contributed by atoms with Gasteiger partial charge in [0.1, 0.15) is 0 Å². The van der Waals surface area contributed by atoms with Gasteiger partial charge in [-0.25, -0.2) is 0 Å². The third kappa shape index (κ3) is 3.83. The molecular formula is C12H6Br4S. The van der Waals surface area contributed by atoms with Crippen molar-refractivity contribution < 1.29 is 0 Å². The molecule has 0 radical (unpaired) electrons. The van der Waals surface area contributed by atoms with Crippen LogP contribution >= 0.6 is 75.5 Å². The highest BCUT2D eigenvalue weighted by molar-refractivity contribution is 9.11. The monoisotopic (exact) mass is 498 g/mol. The molecule has 2 rings (SSSR count). The van der Waals surface area contributed by atoms with Crippen LogP contribution in [0.4, 0.5) is 0 Å². The Hall–Kier alpha value is 0.710. The Kier molecular flexibility index (Phi) is 5.18. The molecule has 88 valence electrons. The molecule has 17 heavy (non-hydrogen) atoms. The summed E-state index contributed by atoms with van der Waals surface area (Å²) in [4.78, 5) is 2.36. The van der Waals surface area contributed by atoms with Gasteiger partial charge in [-0.2, -0.15) is 0 Å². The molecule has 0 aliphatic carbocycles. The molecule has 0 aliphatic heterocycles. The van der Waals surface area contributed by atoms with Gasteiger partial charge in [0.25, 0.3) is 0 Å². The van der Waals surface area contributed by atoms with Gasteiger partial charge in [-0.05, 0) is 68.3 Å². The second kappa shape index (κ2) is 6.24. The lowest BCUT2D eigenvalue weighted by Gasteiger charge is -2.07. The van der Waals surface area contributed by atoms with Gasteiger partial charge in [0.2, 0.25) is 0 Å². The minimum atomic E-state index is 1.08. The van der Waals surface area contributed by atoms with Crippen LogP contribution in [0.1, 0.15) is 0 Å². The van der Waals surface area contributed by atoms with E-state index in [9.17, 15) is 0 Å². The van der Waals surface area contributed by atoms with Crippen LogP contribution in [0.2, 0.25) is 0 Å². The van der Waals surface area contributed by atoms with Crippen molar-refractivity contribution in [3.8, 4) is 0 Å². The van der Waals surface area contributed by atoms with E-state index in [1.54, 1.807) is 11.8 Å². The van der Waals surface area contributed by atoms with Crippen LogP contribution in [-0.4, -0.2) is 0 Å². The highest BCUT2D eigenvalue weighted by Crippen LogP contribution is 2.39. The Morgan fingerprint density at radius 2 is 1.06 bits per heavy atom. The summed E-state index contributed by atoms with van der Waals surface area (Å²) in [5.74, 6) is 0. The highest BCUT2D eigenvalue weighted by atomic mass is 79.9. The molecule has 2 aromatic carbocycles. The third-order valence-corrected chi connectivity index (χ3v) is 6.02. The molecule has 0 saturated heterocycles. The number of rotatable bonds is 2. The van der Waals surface area contributed by atoms with Crippen molar-refractivity contribution >= 4 is 75.5 Å². The van der Waals surface area contributed by atoms with E-state index in [1.807, 2.05) is 24.3 Å². The summed E-state index contributed by atoms with van der Waals surface area (Å²) < 4.78 is 4.35. The molecule has 0 fully saturated rings. The Morgan fingerprint density at radius 3 is 1.47 bits per heavy atom. The van der Waals surface area contributed by atoms with Gasteiger partial charge in [-0.3, -0.25) is 0 Å². The molecule has 0 heterocycles. The molecular weight excluding hydrogens is 496 g/mol. The molecule has 0 spiro atoms. The highest BCUT2D eigenvalue weighted by Gasteiger charge is 2.07. The van der Waals surface area contributed by atoms with Gasteiger partial charge in [-0.15, -0.1) is 0 Å². The van der Waals surface area contributed by atoms with Crippen molar-refractivity contribution in [3.05, 3.63) is 54.3 Å². The fraction of sp³-hybridized carbons (Fsp3) is 0. The average Bonchev–Trinajstić information content (AvgIpc) is 2.28. The molecule has 0 unspecified atom stereocenters. The van der Waals surface area contributed by atoms with Crippen molar-refractivity contribution in [1.82, 2.24) is 0 Å². The molecule has 0 N–H and O–H groups in total. The summed E-state index contributed by atoms with van der Waals surface area (Å²) >= 11 is 15.8. The molecule has 2 aromatic rings. The van der Waals surface area contributed by atoms with Crippen LogP contribution < -0.4 is 0 Å². The fourth-order valence-corrected chi connectivity index (χ4v) is 4.17.